The highest BCUT2D eigenvalue weighted by Crippen LogP contribution is 2.12. The summed E-state index contributed by atoms with van der Waals surface area (Å²) in [5.74, 6) is 0.804. The van der Waals surface area contributed by atoms with Crippen LogP contribution in [-0.4, -0.2) is 21.8 Å². The van der Waals surface area contributed by atoms with E-state index in [9.17, 15) is 0 Å². The van der Waals surface area contributed by atoms with E-state index in [0.717, 1.165) is 11.1 Å². The lowest BCUT2D eigenvalue weighted by Gasteiger charge is -2.09. The molecule has 0 aliphatic heterocycles. The molecule has 0 fully saturated rings. The van der Waals surface area contributed by atoms with Gasteiger partial charge in [0.05, 0.1) is 6.61 Å². The van der Waals surface area contributed by atoms with Gasteiger partial charge in [0.15, 0.2) is 0 Å². The van der Waals surface area contributed by atoms with Crippen LogP contribution in [0.2, 0.25) is 0 Å². The third-order valence-electron chi connectivity index (χ3n) is 2.52. The average molecular weight is 247 g/mol. The van der Waals surface area contributed by atoms with Gasteiger partial charge in [-0.1, -0.05) is 24.3 Å². The monoisotopic (exact) mass is 247 g/mol. The smallest absolute Gasteiger partial charge is 0.243 e. The number of ether oxygens (including phenoxy) is 1. The number of rotatable bonds is 6. The first-order chi connectivity index (χ1) is 8.79. The topological polar surface area (TPSA) is 88.8 Å². The van der Waals surface area contributed by atoms with Crippen LogP contribution in [0.25, 0.3) is 0 Å². The third-order valence-corrected chi connectivity index (χ3v) is 2.52. The molecule has 4 N–H and O–H groups in total. The molecule has 18 heavy (non-hydrogen) atoms. The van der Waals surface area contributed by atoms with E-state index in [1.54, 1.807) is 0 Å². The minimum absolute atomic E-state index is 0.306. The maximum Gasteiger partial charge on any atom is 0.243 e. The fourth-order valence-electron chi connectivity index (χ4n) is 1.61. The van der Waals surface area contributed by atoms with E-state index in [0.29, 0.717) is 31.7 Å². The molecular formula is C12H17N5O. The first-order valence-corrected chi connectivity index (χ1v) is 5.86. The molecule has 2 aromatic rings. The van der Waals surface area contributed by atoms with Crippen LogP contribution in [0.5, 0.6) is 0 Å². The predicted octanol–water partition coefficient (Wildman–Crippen LogP) is 1.54. The summed E-state index contributed by atoms with van der Waals surface area (Å²) in [5, 5.41) is 9.61. The van der Waals surface area contributed by atoms with Crippen LogP contribution in [0.3, 0.4) is 0 Å². The second kappa shape index (κ2) is 6.02. The minimum Gasteiger partial charge on any atom is -0.377 e. The lowest BCUT2D eigenvalue weighted by atomic mass is 10.1. The fourth-order valence-corrected chi connectivity index (χ4v) is 1.61. The van der Waals surface area contributed by atoms with Crippen LogP contribution in [0, 0.1) is 0 Å². The van der Waals surface area contributed by atoms with Gasteiger partial charge in [-0.15, -0.1) is 5.10 Å². The predicted molar refractivity (Wildman–Crippen MR) is 69.9 cm³/mol. The summed E-state index contributed by atoms with van der Waals surface area (Å²) in [7, 11) is 0. The molecule has 0 unspecified atom stereocenters. The summed E-state index contributed by atoms with van der Waals surface area (Å²) in [5.41, 5.74) is 7.78. The molecular weight excluding hydrogens is 230 g/mol. The van der Waals surface area contributed by atoms with Crippen LogP contribution in [0.15, 0.2) is 24.3 Å². The summed E-state index contributed by atoms with van der Waals surface area (Å²) in [6.07, 6.45) is 0. The largest absolute Gasteiger partial charge is 0.377 e. The van der Waals surface area contributed by atoms with Crippen LogP contribution in [-0.2, 0) is 17.9 Å². The summed E-state index contributed by atoms with van der Waals surface area (Å²) < 4.78 is 5.43. The number of nitrogens with zero attached hydrogens (tertiary/aromatic N) is 2. The van der Waals surface area contributed by atoms with Crippen molar-refractivity contribution in [1.29, 1.82) is 0 Å². The Kier molecular flexibility index (Phi) is 4.14. The molecule has 0 amide bonds. The number of aromatic amines is 1. The molecule has 0 atom stereocenters. The fraction of sp³-hybridized carbons (Fsp3) is 0.333. The summed E-state index contributed by atoms with van der Waals surface area (Å²) >= 11 is 0. The van der Waals surface area contributed by atoms with Gasteiger partial charge in [0.2, 0.25) is 11.9 Å². The zero-order valence-electron chi connectivity index (χ0n) is 10.3. The van der Waals surface area contributed by atoms with Gasteiger partial charge >= 0.3 is 0 Å². The standard InChI is InChI=1S/C12H17N5O/c1-2-18-8-10-6-4-3-5-9(10)7-14-12-15-11(13)16-17-12/h3-6H,2,7-8H2,1H3,(H4,13,14,15,16,17). The lowest BCUT2D eigenvalue weighted by molar-refractivity contribution is 0.133. The average Bonchev–Trinajstić information content (AvgIpc) is 2.81. The molecule has 0 saturated carbocycles. The normalized spacial score (nSPS) is 10.5. The number of benzene rings is 1. The molecule has 1 aromatic carbocycles. The van der Waals surface area contributed by atoms with Crippen molar-refractivity contribution in [2.75, 3.05) is 17.7 Å². The highest BCUT2D eigenvalue weighted by atomic mass is 16.5. The van der Waals surface area contributed by atoms with E-state index in [1.807, 2.05) is 19.1 Å². The number of nitrogen functional groups attached to an aromatic ring is 1. The highest BCUT2D eigenvalue weighted by molar-refractivity contribution is 5.34. The zero-order chi connectivity index (χ0) is 12.8. The van der Waals surface area contributed by atoms with Crippen molar-refractivity contribution >= 4 is 11.9 Å². The number of hydrogen-bond acceptors (Lipinski definition) is 5. The molecule has 0 spiro atoms. The quantitative estimate of drug-likeness (QED) is 0.720. The Bertz CT molecular complexity index is 497. The highest BCUT2D eigenvalue weighted by Gasteiger charge is 2.03. The summed E-state index contributed by atoms with van der Waals surface area (Å²) in [6, 6.07) is 8.11. The Labute approximate surface area is 106 Å². The third kappa shape index (κ3) is 3.21. The van der Waals surface area contributed by atoms with Gasteiger partial charge in [-0.25, -0.2) is 5.10 Å². The maximum atomic E-state index is 5.45. The number of hydrogen-bond donors (Lipinski definition) is 3. The van der Waals surface area contributed by atoms with Gasteiger partial charge < -0.3 is 15.8 Å². The molecule has 0 aliphatic rings. The molecule has 0 bridgehead atoms. The molecule has 1 aromatic heterocycles. The van der Waals surface area contributed by atoms with E-state index in [-0.39, 0.29) is 0 Å². The van der Waals surface area contributed by atoms with Crippen molar-refractivity contribution in [2.24, 2.45) is 0 Å². The number of anilines is 2. The first-order valence-electron chi connectivity index (χ1n) is 5.86. The number of aromatic nitrogens is 3. The van der Waals surface area contributed by atoms with Crippen molar-refractivity contribution < 1.29 is 4.74 Å². The van der Waals surface area contributed by atoms with Crippen molar-refractivity contribution in [1.82, 2.24) is 15.2 Å². The minimum atomic E-state index is 0.306. The second-order valence-corrected chi connectivity index (χ2v) is 3.80. The van der Waals surface area contributed by atoms with Gasteiger partial charge in [-0.3, -0.25) is 0 Å². The maximum absolute atomic E-state index is 5.45. The van der Waals surface area contributed by atoms with E-state index in [2.05, 4.69) is 32.6 Å². The number of nitrogens with one attached hydrogen (secondary N) is 2. The van der Waals surface area contributed by atoms with E-state index < -0.39 is 0 Å². The molecule has 2 rings (SSSR count). The molecule has 1 heterocycles. The molecule has 6 nitrogen and oxygen atoms in total. The van der Waals surface area contributed by atoms with E-state index in [4.69, 9.17) is 10.5 Å². The Hall–Kier alpha value is -2.08. The zero-order valence-corrected chi connectivity index (χ0v) is 10.3. The van der Waals surface area contributed by atoms with E-state index >= 15 is 0 Å². The van der Waals surface area contributed by atoms with Crippen molar-refractivity contribution in [3.05, 3.63) is 35.4 Å². The van der Waals surface area contributed by atoms with Crippen molar-refractivity contribution in [3.63, 3.8) is 0 Å². The lowest BCUT2D eigenvalue weighted by Crippen LogP contribution is -2.05. The molecule has 6 heteroatoms. The Balaban J connectivity index is 1.99. The summed E-state index contributed by atoms with van der Waals surface area (Å²) in [6.45, 7) is 3.95. The first kappa shape index (κ1) is 12.4. The van der Waals surface area contributed by atoms with E-state index in [1.165, 1.54) is 0 Å². The van der Waals surface area contributed by atoms with Gasteiger partial charge in [0.25, 0.3) is 0 Å². The SMILES string of the molecule is CCOCc1ccccc1CNc1n[nH]c(N)n1. The van der Waals surface area contributed by atoms with Crippen LogP contribution < -0.4 is 11.1 Å². The Morgan fingerprint density at radius 2 is 2.11 bits per heavy atom. The molecule has 0 aliphatic carbocycles. The Morgan fingerprint density at radius 1 is 1.33 bits per heavy atom. The Morgan fingerprint density at radius 3 is 2.78 bits per heavy atom. The molecule has 96 valence electrons. The number of nitrogens with two attached hydrogens (primary N) is 1. The van der Waals surface area contributed by atoms with Gasteiger partial charge in [0, 0.05) is 13.2 Å². The van der Waals surface area contributed by atoms with Gasteiger partial charge in [-0.2, -0.15) is 4.98 Å². The van der Waals surface area contributed by atoms with Crippen molar-refractivity contribution in [3.8, 4) is 0 Å². The van der Waals surface area contributed by atoms with Gasteiger partial charge in [-0.05, 0) is 18.1 Å². The molecule has 0 radical (unpaired) electrons. The summed E-state index contributed by atoms with van der Waals surface area (Å²) in [4.78, 5) is 3.99. The van der Waals surface area contributed by atoms with Crippen LogP contribution in [0.4, 0.5) is 11.9 Å². The van der Waals surface area contributed by atoms with Crippen LogP contribution >= 0.6 is 0 Å². The van der Waals surface area contributed by atoms with Gasteiger partial charge in [0.1, 0.15) is 0 Å². The molecule has 0 saturated heterocycles. The number of H-pyrrole nitrogens is 1. The second-order valence-electron chi connectivity index (χ2n) is 3.80. The van der Waals surface area contributed by atoms with Crippen molar-refractivity contribution in [2.45, 2.75) is 20.1 Å². The van der Waals surface area contributed by atoms with Crippen LogP contribution in [0.1, 0.15) is 18.1 Å².